The fraction of sp³-hybridized carbons (Fsp3) is 0.250. The first kappa shape index (κ1) is 26.8. The number of hydrogen-bond acceptors (Lipinski definition) is 5. The maximum atomic E-state index is 13.4. The molecule has 2 heterocycles. The number of hydrogen-bond donors (Lipinski definition) is 1. The summed E-state index contributed by atoms with van der Waals surface area (Å²) in [5.41, 5.74) is 1.78. The van der Waals surface area contributed by atoms with E-state index in [2.05, 4.69) is 10.3 Å². The number of nitrogens with zero attached hydrogens (tertiary/aromatic N) is 4. The van der Waals surface area contributed by atoms with Gasteiger partial charge in [-0.25, -0.2) is 0 Å². The third kappa shape index (κ3) is 6.74. The second-order valence-corrected chi connectivity index (χ2v) is 9.38. The molecule has 1 fully saturated rings. The van der Waals surface area contributed by atoms with Crippen LogP contribution in [0.25, 0.3) is 0 Å². The number of piperazine rings is 1. The Morgan fingerprint density at radius 3 is 2.37 bits per heavy atom. The largest absolute Gasteiger partial charge is 0.342 e. The van der Waals surface area contributed by atoms with Crippen LogP contribution in [0.5, 0.6) is 0 Å². The predicted octanol–water partition coefficient (Wildman–Crippen LogP) is 2.41. The summed E-state index contributed by atoms with van der Waals surface area (Å²) in [7, 11) is 1.64. The molecular formula is C28H28ClN5O4. The summed E-state index contributed by atoms with van der Waals surface area (Å²) in [5.74, 6) is -1.44. The molecule has 0 spiro atoms. The molecule has 4 rings (SSSR count). The van der Waals surface area contributed by atoms with Gasteiger partial charge in [0.15, 0.2) is 0 Å². The Hall–Kier alpha value is -4.24. The Labute approximate surface area is 226 Å². The minimum Gasteiger partial charge on any atom is -0.342 e. The molecule has 0 radical (unpaired) electrons. The number of anilines is 1. The second-order valence-electron chi connectivity index (χ2n) is 8.94. The number of aromatic nitrogens is 1. The SMILES string of the molecule is CN(C(=O)[C@H](Cc1ccccc1)NC(=O)CN1CCN(C(=O)c2ccccn2)CC1=O)c1ccc(Cl)cc1. The lowest BCUT2D eigenvalue weighted by Gasteiger charge is -2.34. The van der Waals surface area contributed by atoms with Crippen LogP contribution in [0.1, 0.15) is 16.1 Å². The Morgan fingerprint density at radius 1 is 1.00 bits per heavy atom. The Morgan fingerprint density at radius 2 is 1.71 bits per heavy atom. The molecule has 1 N–H and O–H groups in total. The average molecular weight is 534 g/mol. The number of pyridine rings is 1. The van der Waals surface area contributed by atoms with E-state index in [-0.39, 0.29) is 56.0 Å². The highest BCUT2D eigenvalue weighted by molar-refractivity contribution is 6.30. The highest BCUT2D eigenvalue weighted by atomic mass is 35.5. The van der Waals surface area contributed by atoms with Crippen molar-refractivity contribution in [2.45, 2.75) is 12.5 Å². The van der Waals surface area contributed by atoms with Crippen molar-refractivity contribution < 1.29 is 19.2 Å². The van der Waals surface area contributed by atoms with Gasteiger partial charge < -0.3 is 20.0 Å². The van der Waals surface area contributed by atoms with Crippen molar-refractivity contribution in [3.05, 3.63) is 95.3 Å². The molecule has 1 saturated heterocycles. The van der Waals surface area contributed by atoms with Crippen molar-refractivity contribution in [1.82, 2.24) is 20.1 Å². The highest BCUT2D eigenvalue weighted by Crippen LogP contribution is 2.18. The smallest absolute Gasteiger partial charge is 0.272 e. The summed E-state index contributed by atoms with van der Waals surface area (Å²) in [6.45, 7) is 0.120. The van der Waals surface area contributed by atoms with Crippen LogP contribution in [0, 0.1) is 0 Å². The summed E-state index contributed by atoms with van der Waals surface area (Å²) in [5, 5.41) is 3.37. The number of amides is 4. The van der Waals surface area contributed by atoms with Crippen molar-refractivity contribution in [1.29, 1.82) is 0 Å². The molecule has 0 saturated carbocycles. The molecular weight excluding hydrogens is 506 g/mol. The fourth-order valence-electron chi connectivity index (χ4n) is 4.19. The lowest BCUT2D eigenvalue weighted by Crippen LogP contribution is -2.56. The number of likely N-dealkylation sites (N-methyl/N-ethyl adjacent to an activating group) is 1. The van der Waals surface area contributed by atoms with Gasteiger partial charge in [-0.1, -0.05) is 48.0 Å². The van der Waals surface area contributed by atoms with Gasteiger partial charge in [0.1, 0.15) is 18.3 Å². The van der Waals surface area contributed by atoms with E-state index in [0.29, 0.717) is 10.7 Å². The molecule has 1 aliphatic heterocycles. The molecule has 1 atom stereocenters. The third-order valence-corrected chi connectivity index (χ3v) is 6.54. The maximum absolute atomic E-state index is 13.4. The number of rotatable bonds is 8. The van der Waals surface area contributed by atoms with E-state index >= 15 is 0 Å². The summed E-state index contributed by atoms with van der Waals surface area (Å²) < 4.78 is 0. The van der Waals surface area contributed by atoms with Crippen molar-refractivity contribution in [3.8, 4) is 0 Å². The summed E-state index contributed by atoms with van der Waals surface area (Å²) in [4.78, 5) is 60.2. The molecule has 196 valence electrons. The van der Waals surface area contributed by atoms with Gasteiger partial charge in [0, 0.05) is 43.5 Å². The summed E-state index contributed by atoms with van der Waals surface area (Å²) in [6.07, 6.45) is 1.80. The summed E-state index contributed by atoms with van der Waals surface area (Å²) >= 11 is 5.98. The topological polar surface area (TPSA) is 103 Å². The van der Waals surface area contributed by atoms with Crippen LogP contribution in [0.4, 0.5) is 5.69 Å². The van der Waals surface area contributed by atoms with Gasteiger partial charge in [-0.3, -0.25) is 24.2 Å². The van der Waals surface area contributed by atoms with E-state index in [1.807, 2.05) is 30.3 Å². The van der Waals surface area contributed by atoms with Crippen molar-refractivity contribution in [2.24, 2.45) is 0 Å². The average Bonchev–Trinajstić information content (AvgIpc) is 2.94. The zero-order valence-electron chi connectivity index (χ0n) is 20.9. The first-order valence-electron chi connectivity index (χ1n) is 12.2. The Bertz CT molecular complexity index is 1290. The zero-order valence-corrected chi connectivity index (χ0v) is 21.7. The van der Waals surface area contributed by atoms with Crippen LogP contribution in [-0.4, -0.2) is 77.7 Å². The molecule has 10 heteroatoms. The number of benzene rings is 2. The molecule has 9 nitrogen and oxygen atoms in total. The van der Waals surface area contributed by atoms with E-state index in [4.69, 9.17) is 11.6 Å². The minimum atomic E-state index is -0.854. The van der Waals surface area contributed by atoms with Crippen LogP contribution in [0.3, 0.4) is 0 Å². The van der Waals surface area contributed by atoms with Gasteiger partial charge in [-0.15, -0.1) is 0 Å². The van der Waals surface area contributed by atoms with Crippen molar-refractivity contribution in [2.75, 3.05) is 38.1 Å². The molecule has 4 amide bonds. The number of carbonyl (C=O) groups is 4. The Kier molecular flexibility index (Phi) is 8.70. The monoisotopic (exact) mass is 533 g/mol. The van der Waals surface area contributed by atoms with Crippen LogP contribution < -0.4 is 10.2 Å². The van der Waals surface area contributed by atoms with Gasteiger partial charge in [0.25, 0.3) is 5.91 Å². The van der Waals surface area contributed by atoms with Gasteiger partial charge in [-0.05, 0) is 42.0 Å². The van der Waals surface area contributed by atoms with Crippen molar-refractivity contribution >= 4 is 40.9 Å². The molecule has 1 aliphatic rings. The highest BCUT2D eigenvalue weighted by Gasteiger charge is 2.31. The number of halogens is 1. The number of nitrogens with one attached hydrogen (secondary N) is 1. The normalized spacial score (nSPS) is 14.1. The quantitative estimate of drug-likeness (QED) is 0.479. The Balaban J connectivity index is 1.40. The molecule has 3 aromatic rings. The van der Waals surface area contributed by atoms with Crippen LogP contribution in [0.15, 0.2) is 79.0 Å². The standard InChI is InChI=1S/C28H28ClN5O4/c1-32(22-12-10-21(29)11-13-22)27(37)24(17-20-7-3-2-4-8-20)31-25(35)18-33-15-16-34(19-26(33)36)28(38)23-9-5-6-14-30-23/h2-14,24H,15-19H2,1H3,(H,31,35)/t24-/m0/s1. The first-order chi connectivity index (χ1) is 18.3. The maximum Gasteiger partial charge on any atom is 0.272 e. The van der Waals surface area contributed by atoms with Crippen LogP contribution >= 0.6 is 11.6 Å². The van der Waals surface area contributed by atoms with Crippen LogP contribution in [0.2, 0.25) is 5.02 Å². The van der Waals surface area contributed by atoms with Gasteiger partial charge >= 0.3 is 0 Å². The first-order valence-corrected chi connectivity index (χ1v) is 12.5. The molecule has 2 aromatic carbocycles. The molecule has 0 aliphatic carbocycles. The lowest BCUT2D eigenvalue weighted by atomic mass is 10.0. The fourth-order valence-corrected chi connectivity index (χ4v) is 4.32. The van der Waals surface area contributed by atoms with Crippen molar-refractivity contribution in [3.63, 3.8) is 0 Å². The van der Waals surface area contributed by atoms with E-state index in [9.17, 15) is 19.2 Å². The van der Waals surface area contributed by atoms with Gasteiger partial charge in [-0.2, -0.15) is 0 Å². The van der Waals surface area contributed by atoms with E-state index in [0.717, 1.165) is 5.56 Å². The van der Waals surface area contributed by atoms with Crippen LogP contribution in [-0.2, 0) is 20.8 Å². The van der Waals surface area contributed by atoms with Gasteiger partial charge in [0.2, 0.25) is 17.7 Å². The number of carbonyl (C=O) groups excluding carboxylic acids is 4. The summed E-state index contributed by atoms with van der Waals surface area (Å²) in [6, 6.07) is 20.4. The second kappa shape index (κ2) is 12.3. The lowest BCUT2D eigenvalue weighted by molar-refractivity contribution is -0.139. The zero-order chi connectivity index (χ0) is 27.1. The van der Waals surface area contributed by atoms with Gasteiger partial charge in [0.05, 0.1) is 6.54 Å². The molecule has 38 heavy (non-hydrogen) atoms. The molecule has 1 aromatic heterocycles. The van der Waals surface area contributed by atoms with E-state index in [1.165, 1.54) is 20.9 Å². The predicted molar refractivity (Wildman–Crippen MR) is 144 cm³/mol. The molecule has 0 bridgehead atoms. The molecule has 0 unspecified atom stereocenters. The minimum absolute atomic E-state index is 0.144. The van der Waals surface area contributed by atoms with E-state index < -0.39 is 11.9 Å². The van der Waals surface area contributed by atoms with E-state index in [1.54, 1.807) is 49.5 Å². The third-order valence-electron chi connectivity index (χ3n) is 6.28.